The minimum absolute atomic E-state index is 0.0711. The Morgan fingerprint density at radius 3 is 2.31 bits per heavy atom. The molecule has 0 aliphatic rings. The van der Waals surface area contributed by atoms with Crippen molar-refractivity contribution in [3.63, 3.8) is 0 Å². The van der Waals surface area contributed by atoms with E-state index in [1.165, 1.54) is 42.7 Å². The number of nitrogens with two attached hydrogens (primary N) is 1. The molecule has 0 radical (unpaired) electrons. The normalized spacial score (nSPS) is 13.7. The van der Waals surface area contributed by atoms with E-state index in [4.69, 9.17) is 15.2 Å². The Hall–Kier alpha value is -4.81. The highest BCUT2D eigenvalue weighted by atomic mass is 32.2. The third-order valence-electron chi connectivity index (χ3n) is 6.69. The van der Waals surface area contributed by atoms with Gasteiger partial charge in [0.2, 0.25) is 15.9 Å². The van der Waals surface area contributed by atoms with Gasteiger partial charge in [-0.2, -0.15) is 0 Å². The van der Waals surface area contributed by atoms with Crippen molar-refractivity contribution in [2.75, 3.05) is 11.9 Å². The molecule has 0 spiro atoms. The summed E-state index contributed by atoms with van der Waals surface area (Å²) >= 11 is 0. The minimum Gasteiger partial charge on any atom is -0.494 e. The van der Waals surface area contributed by atoms with E-state index in [1.807, 2.05) is 43.3 Å². The number of hydrogen-bond donors (Lipinski definition) is 3. The summed E-state index contributed by atoms with van der Waals surface area (Å²) in [6.07, 6.45) is 2.47. The first-order valence-electron chi connectivity index (χ1n) is 14.2. The topological polar surface area (TPSA) is 171 Å². The zero-order valence-electron chi connectivity index (χ0n) is 25.4. The van der Waals surface area contributed by atoms with Gasteiger partial charge in [0.1, 0.15) is 17.2 Å². The lowest BCUT2D eigenvalue weighted by molar-refractivity contribution is -0.160. The summed E-state index contributed by atoms with van der Waals surface area (Å²) in [5.74, 6) is -1.87. The van der Waals surface area contributed by atoms with Crippen LogP contribution in [0.25, 0.3) is 11.1 Å². The number of anilines is 1. The number of carbonyl (C=O) groups is 2. The molecule has 2 aromatic heterocycles. The number of aromatic nitrogens is 2. The fourth-order valence-corrected chi connectivity index (χ4v) is 6.19. The molecule has 4 aromatic rings. The van der Waals surface area contributed by atoms with E-state index in [2.05, 4.69) is 15.3 Å². The van der Waals surface area contributed by atoms with Crippen LogP contribution in [0.1, 0.15) is 39.0 Å². The smallest absolute Gasteiger partial charge is 0.340 e. The fraction of sp³-hybridized carbons (Fsp3) is 0.273. The summed E-state index contributed by atoms with van der Waals surface area (Å²) in [6, 6.07) is 20.3. The Morgan fingerprint density at radius 2 is 1.69 bits per heavy atom. The maximum Gasteiger partial charge on any atom is 0.340 e. The van der Waals surface area contributed by atoms with Crippen molar-refractivity contribution < 1.29 is 32.6 Å². The van der Waals surface area contributed by atoms with Crippen molar-refractivity contribution in [1.29, 1.82) is 0 Å². The number of nitrogens with one attached hydrogen (secondary N) is 1. The molecular weight excluding hydrogens is 596 g/mol. The van der Waals surface area contributed by atoms with E-state index in [9.17, 15) is 23.1 Å². The van der Waals surface area contributed by atoms with E-state index >= 15 is 0 Å². The molecule has 0 aliphatic carbocycles. The average molecular weight is 633 g/mol. The first-order valence-corrected chi connectivity index (χ1v) is 15.7. The molecule has 4 N–H and O–H groups in total. The van der Waals surface area contributed by atoms with E-state index in [-0.39, 0.29) is 22.8 Å². The zero-order chi connectivity index (χ0) is 32.8. The Labute approximate surface area is 262 Å². The fourth-order valence-electron chi connectivity index (χ4n) is 4.57. The lowest BCUT2D eigenvalue weighted by Crippen LogP contribution is -2.48. The number of sulfone groups is 1. The highest BCUT2D eigenvalue weighted by molar-refractivity contribution is 7.92. The molecule has 2 heterocycles. The van der Waals surface area contributed by atoms with Crippen molar-refractivity contribution in [3.05, 3.63) is 103 Å². The number of pyridine rings is 2. The average Bonchev–Trinajstić information content (AvgIpc) is 3.00. The van der Waals surface area contributed by atoms with Gasteiger partial charge in [-0.15, -0.1) is 0 Å². The van der Waals surface area contributed by atoms with Gasteiger partial charge in [-0.1, -0.05) is 42.5 Å². The molecule has 2 aromatic carbocycles. The Balaban J connectivity index is 1.73. The number of esters is 1. The number of carbonyl (C=O) groups excluding carboxylic acids is 1. The standard InChI is InChI=1S/C33H36N4O7S/c1-5-43-25-10-6-9-24(19-25)23-16-14-22(15-17-23)20-33(34,45(41,42)26-11-8-18-35-21-26)27-12-7-13-28(36-27)37-29(30(38)39)31(40)44-32(2,3)4/h6-19,21,29H,5,20,34H2,1-4H3,(H,36,37)(H,38,39). The lowest BCUT2D eigenvalue weighted by Gasteiger charge is -2.29. The van der Waals surface area contributed by atoms with Crippen molar-refractivity contribution in [1.82, 2.24) is 9.97 Å². The number of carboxylic acid groups (broad SMARTS) is 1. The molecule has 0 saturated heterocycles. The molecule has 0 fully saturated rings. The van der Waals surface area contributed by atoms with Crippen LogP contribution in [0.15, 0.2) is 96.2 Å². The number of aliphatic carboxylic acids is 1. The van der Waals surface area contributed by atoms with Crippen LogP contribution in [-0.4, -0.2) is 53.7 Å². The van der Waals surface area contributed by atoms with Gasteiger partial charge in [-0.3, -0.25) is 4.98 Å². The van der Waals surface area contributed by atoms with Crippen LogP contribution < -0.4 is 15.8 Å². The maximum absolute atomic E-state index is 14.1. The van der Waals surface area contributed by atoms with Gasteiger partial charge >= 0.3 is 11.9 Å². The molecule has 0 amide bonds. The highest BCUT2D eigenvalue weighted by Crippen LogP contribution is 2.34. The Kier molecular flexibility index (Phi) is 9.89. The molecule has 2 unspecified atom stereocenters. The Bertz CT molecular complexity index is 1760. The summed E-state index contributed by atoms with van der Waals surface area (Å²) in [5.41, 5.74) is 8.25. The molecule has 45 heavy (non-hydrogen) atoms. The van der Waals surface area contributed by atoms with Gasteiger partial charge in [0.05, 0.1) is 17.2 Å². The Morgan fingerprint density at radius 1 is 0.978 bits per heavy atom. The predicted molar refractivity (Wildman–Crippen MR) is 169 cm³/mol. The van der Waals surface area contributed by atoms with Crippen molar-refractivity contribution in [2.45, 2.75) is 55.5 Å². The van der Waals surface area contributed by atoms with Gasteiger partial charge in [-0.05, 0) is 80.8 Å². The van der Waals surface area contributed by atoms with Gasteiger partial charge in [0.25, 0.3) is 0 Å². The number of carboxylic acids is 1. The maximum atomic E-state index is 14.1. The monoisotopic (exact) mass is 632 g/mol. The number of nitrogens with zero attached hydrogens (tertiary/aromatic N) is 2. The van der Waals surface area contributed by atoms with E-state index < -0.39 is 38.3 Å². The van der Waals surface area contributed by atoms with Crippen LogP contribution in [-0.2, 0) is 35.5 Å². The van der Waals surface area contributed by atoms with Gasteiger partial charge < -0.3 is 25.6 Å². The molecule has 0 saturated carbocycles. The van der Waals surface area contributed by atoms with Crippen LogP contribution in [0.5, 0.6) is 5.75 Å². The van der Waals surface area contributed by atoms with Gasteiger partial charge in [0, 0.05) is 18.8 Å². The molecular formula is C33H36N4O7S. The summed E-state index contributed by atoms with van der Waals surface area (Å²) in [7, 11) is -4.33. The quantitative estimate of drug-likeness (QED) is 0.148. The first kappa shape index (κ1) is 33.1. The summed E-state index contributed by atoms with van der Waals surface area (Å²) < 4.78 is 39.1. The van der Waals surface area contributed by atoms with E-state index in [0.717, 1.165) is 16.9 Å². The van der Waals surface area contributed by atoms with Crippen molar-refractivity contribution in [3.8, 4) is 16.9 Å². The highest BCUT2D eigenvalue weighted by Gasteiger charge is 2.45. The predicted octanol–water partition coefficient (Wildman–Crippen LogP) is 4.58. The molecule has 236 valence electrons. The summed E-state index contributed by atoms with van der Waals surface area (Å²) in [5, 5.41) is 12.3. The molecule has 11 nitrogen and oxygen atoms in total. The second-order valence-electron chi connectivity index (χ2n) is 11.3. The first-order chi connectivity index (χ1) is 21.2. The minimum atomic E-state index is -4.33. The second kappa shape index (κ2) is 13.4. The number of hydrogen-bond acceptors (Lipinski definition) is 10. The molecule has 4 rings (SSSR count). The van der Waals surface area contributed by atoms with Gasteiger partial charge in [-0.25, -0.2) is 23.0 Å². The molecule has 2 atom stereocenters. The largest absolute Gasteiger partial charge is 0.494 e. The van der Waals surface area contributed by atoms with Crippen molar-refractivity contribution in [2.24, 2.45) is 5.73 Å². The number of rotatable bonds is 12. The SMILES string of the molecule is CCOc1cccc(-c2ccc(CC(N)(c3cccc(NC(C(=O)O)C(=O)OC(C)(C)C)n3)S(=O)(=O)c3cccnc3)cc2)c1. The third-order valence-corrected chi connectivity index (χ3v) is 8.86. The molecule has 0 bridgehead atoms. The van der Waals surface area contributed by atoms with Crippen molar-refractivity contribution >= 4 is 27.6 Å². The van der Waals surface area contributed by atoms with Crippen LogP contribution in [0.2, 0.25) is 0 Å². The molecule has 12 heteroatoms. The van der Waals surface area contributed by atoms with Crippen LogP contribution in [0, 0.1) is 0 Å². The van der Waals surface area contributed by atoms with E-state index in [0.29, 0.717) is 12.2 Å². The zero-order valence-corrected chi connectivity index (χ0v) is 26.2. The van der Waals surface area contributed by atoms with Crippen LogP contribution in [0.3, 0.4) is 0 Å². The number of benzene rings is 2. The summed E-state index contributed by atoms with van der Waals surface area (Å²) in [4.78, 5) is 30.7. The third kappa shape index (κ3) is 7.83. The lowest BCUT2D eigenvalue weighted by atomic mass is 9.99. The van der Waals surface area contributed by atoms with Crippen LogP contribution >= 0.6 is 0 Å². The summed E-state index contributed by atoms with van der Waals surface area (Å²) in [6.45, 7) is 7.28. The van der Waals surface area contributed by atoms with Gasteiger partial charge in [0.15, 0.2) is 4.87 Å². The number of ether oxygens (including phenoxy) is 2. The van der Waals surface area contributed by atoms with E-state index in [1.54, 1.807) is 32.9 Å². The molecule has 0 aliphatic heterocycles. The van der Waals surface area contributed by atoms with Crippen LogP contribution in [0.4, 0.5) is 5.82 Å². The second-order valence-corrected chi connectivity index (χ2v) is 13.5.